The van der Waals surface area contributed by atoms with E-state index in [9.17, 15) is 13.2 Å². The molecule has 11 heavy (non-hydrogen) atoms. The lowest BCUT2D eigenvalue weighted by molar-refractivity contribution is -0.137. The number of halogens is 3. The number of rotatable bonds is 0. The van der Waals surface area contributed by atoms with Crippen LogP contribution in [-0.2, 0) is 6.18 Å². The monoisotopic (exact) mass is 160 g/mol. The average Bonchev–Trinajstić information content (AvgIpc) is 1.86. The van der Waals surface area contributed by atoms with Crippen molar-refractivity contribution in [2.75, 3.05) is 0 Å². The van der Waals surface area contributed by atoms with Gasteiger partial charge in [0, 0.05) is 18.0 Å². The second-order valence-corrected chi connectivity index (χ2v) is 2.07. The van der Waals surface area contributed by atoms with E-state index < -0.39 is 11.7 Å². The molecular weight excluding hydrogens is 155 g/mol. The fraction of sp³-hybridized carbons (Fsp3) is 0.286. The molecule has 1 heterocycles. The summed E-state index contributed by atoms with van der Waals surface area (Å²) in [4.78, 5) is 3.60. The van der Waals surface area contributed by atoms with E-state index in [-0.39, 0.29) is 5.69 Å². The van der Waals surface area contributed by atoms with Crippen LogP contribution in [-0.4, -0.2) is 4.98 Å². The lowest BCUT2D eigenvalue weighted by atomic mass is 10.2. The zero-order valence-electron chi connectivity index (χ0n) is 5.74. The van der Waals surface area contributed by atoms with E-state index in [1.165, 1.54) is 6.92 Å². The lowest BCUT2D eigenvalue weighted by Gasteiger charge is -2.04. The van der Waals surface area contributed by atoms with Crippen LogP contribution in [0.15, 0.2) is 12.3 Å². The minimum absolute atomic E-state index is 0.250. The Balaban J connectivity index is 3.06. The molecule has 59 valence electrons. The van der Waals surface area contributed by atoms with E-state index in [0.29, 0.717) is 0 Å². The topological polar surface area (TPSA) is 12.9 Å². The van der Waals surface area contributed by atoms with Gasteiger partial charge in [-0.1, -0.05) is 0 Å². The summed E-state index contributed by atoms with van der Waals surface area (Å²) >= 11 is 0. The van der Waals surface area contributed by atoms with E-state index in [1.807, 2.05) is 0 Å². The van der Waals surface area contributed by atoms with Crippen molar-refractivity contribution in [3.63, 3.8) is 0 Å². The second-order valence-electron chi connectivity index (χ2n) is 2.07. The minimum Gasteiger partial charge on any atom is -0.261 e. The van der Waals surface area contributed by atoms with E-state index in [0.717, 1.165) is 12.3 Å². The summed E-state index contributed by atoms with van der Waals surface area (Å²) in [7, 11) is 0. The number of hydrogen-bond donors (Lipinski definition) is 0. The zero-order valence-corrected chi connectivity index (χ0v) is 5.74. The summed E-state index contributed by atoms with van der Waals surface area (Å²) in [5.74, 6) is 0. The van der Waals surface area contributed by atoms with Gasteiger partial charge in [0.15, 0.2) is 0 Å². The Morgan fingerprint density at radius 3 is 2.45 bits per heavy atom. The Hall–Kier alpha value is -1.06. The number of aryl methyl sites for hydroxylation is 1. The maximum Gasteiger partial charge on any atom is 0.417 e. The predicted octanol–water partition coefficient (Wildman–Crippen LogP) is 2.21. The predicted molar refractivity (Wildman–Crippen MR) is 32.8 cm³/mol. The van der Waals surface area contributed by atoms with Crippen molar-refractivity contribution in [3.05, 3.63) is 29.6 Å². The summed E-state index contributed by atoms with van der Waals surface area (Å²) in [5, 5.41) is 0. The summed E-state index contributed by atoms with van der Waals surface area (Å²) in [6.45, 7) is 1.47. The first kappa shape index (κ1) is 8.04. The third-order valence-electron chi connectivity index (χ3n) is 1.13. The number of alkyl halides is 3. The van der Waals surface area contributed by atoms with Gasteiger partial charge in [0.1, 0.15) is 0 Å². The van der Waals surface area contributed by atoms with Crippen LogP contribution in [0.5, 0.6) is 0 Å². The highest BCUT2D eigenvalue weighted by atomic mass is 19.4. The van der Waals surface area contributed by atoms with Crippen molar-refractivity contribution in [3.8, 4) is 0 Å². The van der Waals surface area contributed by atoms with Crippen LogP contribution in [0.3, 0.4) is 0 Å². The molecule has 1 rings (SSSR count). The highest BCUT2D eigenvalue weighted by molar-refractivity contribution is 5.16. The van der Waals surface area contributed by atoms with Crippen molar-refractivity contribution >= 4 is 0 Å². The number of nitrogens with zero attached hydrogens (tertiary/aromatic N) is 1. The molecule has 0 aromatic carbocycles. The molecule has 0 aliphatic heterocycles. The fourth-order valence-corrected chi connectivity index (χ4v) is 0.658. The Kier molecular flexibility index (Phi) is 1.85. The van der Waals surface area contributed by atoms with Gasteiger partial charge in [-0.15, -0.1) is 0 Å². The van der Waals surface area contributed by atoms with E-state index in [2.05, 4.69) is 11.1 Å². The molecule has 0 unspecified atom stereocenters. The van der Waals surface area contributed by atoms with Gasteiger partial charge < -0.3 is 0 Å². The van der Waals surface area contributed by atoms with Crippen LogP contribution in [0.1, 0.15) is 11.3 Å². The third kappa shape index (κ3) is 1.93. The Bertz CT molecular complexity index is 254. The van der Waals surface area contributed by atoms with Gasteiger partial charge in [-0.3, -0.25) is 4.98 Å². The smallest absolute Gasteiger partial charge is 0.261 e. The van der Waals surface area contributed by atoms with E-state index in [4.69, 9.17) is 0 Å². The van der Waals surface area contributed by atoms with Gasteiger partial charge in [0.25, 0.3) is 0 Å². The maximum absolute atomic E-state index is 11.9. The van der Waals surface area contributed by atoms with Crippen LogP contribution >= 0.6 is 0 Å². The van der Waals surface area contributed by atoms with Crippen LogP contribution in [0.25, 0.3) is 0 Å². The Morgan fingerprint density at radius 2 is 2.09 bits per heavy atom. The molecule has 0 aliphatic rings. The van der Waals surface area contributed by atoms with Crippen molar-refractivity contribution in [1.82, 2.24) is 4.98 Å². The lowest BCUT2D eigenvalue weighted by Crippen LogP contribution is -2.05. The fourth-order valence-electron chi connectivity index (χ4n) is 0.658. The van der Waals surface area contributed by atoms with Crippen molar-refractivity contribution in [2.45, 2.75) is 13.1 Å². The van der Waals surface area contributed by atoms with Gasteiger partial charge in [-0.2, -0.15) is 13.2 Å². The van der Waals surface area contributed by atoms with Gasteiger partial charge in [0.2, 0.25) is 0 Å². The Labute approximate surface area is 61.9 Å². The maximum atomic E-state index is 11.9. The molecular formula is C7H5F3N. The second kappa shape index (κ2) is 2.53. The van der Waals surface area contributed by atoms with Gasteiger partial charge in [-0.25, -0.2) is 0 Å². The first-order chi connectivity index (χ1) is 5.00. The van der Waals surface area contributed by atoms with Crippen LogP contribution < -0.4 is 0 Å². The van der Waals surface area contributed by atoms with Gasteiger partial charge in [-0.05, 0) is 13.0 Å². The molecule has 1 aromatic heterocycles. The molecule has 1 radical (unpaired) electrons. The molecule has 0 amide bonds. The van der Waals surface area contributed by atoms with Crippen molar-refractivity contribution in [1.29, 1.82) is 0 Å². The minimum atomic E-state index is -4.31. The third-order valence-corrected chi connectivity index (χ3v) is 1.13. The molecule has 1 nitrogen and oxygen atoms in total. The van der Waals surface area contributed by atoms with Crippen LogP contribution in [0.4, 0.5) is 13.2 Å². The zero-order chi connectivity index (χ0) is 8.48. The van der Waals surface area contributed by atoms with Gasteiger partial charge in [0.05, 0.1) is 5.56 Å². The standard InChI is InChI=1S/C7H5F3N/c1-5-4-6(2-3-11-5)7(8,9)10/h2-3H,1H3. The van der Waals surface area contributed by atoms with Crippen LogP contribution in [0, 0.1) is 13.0 Å². The number of hydrogen-bond acceptors (Lipinski definition) is 1. The molecule has 0 saturated heterocycles. The summed E-state index contributed by atoms with van der Waals surface area (Å²) in [6, 6.07) is 3.01. The normalized spacial score (nSPS) is 11.6. The SMILES string of the molecule is Cc1[c]c(C(F)(F)F)ccn1. The highest BCUT2D eigenvalue weighted by Crippen LogP contribution is 2.28. The molecule has 0 N–H and O–H groups in total. The molecule has 4 heteroatoms. The van der Waals surface area contributed by atoms with Gasteiger partial charge >= 0.3 is 6.18 Å². The summed E-state index contributed by atoms with van der Waals surface area (Å²) in [6.07, 6.45) is -3.19. The molecule has 1 aromatic rings. The first-order valence-corrected chi connectivity index (χ1v) is 2.92. The average molecular weight is 160 g/mol. The highest BCUT2D eigenvalue weighted by Gasteiger charge is 2.30. The molecule has 0 atom stereocenters. The molecule has 0 aliphatic carbocycles. The van der Waals surface area contributed by atoms with Crippen molar-refractivity contribution in [2.24, 2.45) is 0 Å². The summed E-state index contributed by atoms with van der Waals surface area (Å²) in [5.41, 5.74) is -0.523. The van der Waals surface area contributed by atoms with Crippen LogP contribution in [0.2, 0.25) is 0 Å². The van der Waals surface area contributed by atoms with E-state index >= 15 is 0 Å². The number of aromatic nitrogens is 1. The quantitative estimate of drug-likeness (QED) is 0.567. The number of pyridine rings is 1. The van der Waals surface area contributed by atoms with Crippen molar-refractivity contribution < 1.29 is 13.2 Å². The molecule has 0 bridgehead atoms. The molecule has 0 spiro atoms. The van der Waals surface area contributed by atoms with E-state index in [1.54, 1.807) is 0 Å². The molecule has 0 saturated carbocycles. The Morgan fingerprint density at radius 1 is 1.45 bits per heavy atom. The molecule has 0 fully saturated rings. The first-order valence-electron chi connectivity index (χ1n) is 2.92. The largest absolute Gasteiger partial charge is 0.417 e. The summed E-state index contributed by atoms with van der Waals surface area (Å²) < 4.78 is 35.7.